The molecular weight excluding hydrogens is 226 g/mol. The monoisotopic (exact) mass is 243 g/mol. The maximum absolute atomic E-state index is 9.11. The first kappa shape index (κ1) is 11.5. The average molecular weight is 243 g/mol. The zero-order chi connectivity index (χ0) is 11.5. The molecule has 0 bridgehead atoms. The van der Waals surface area contributed by atoms with E-state index in [1.807, 2.05) is 6.92 Å². The first-order chi connectivity index (χ1) is 7.76. The third kappa shape index (κ3) is 2.08. The number of nitrogens with zero attached hydrogens (tertiary/aromatic N) is 2. The number of hydrogen-bond donors (Lipinski definition) is 2. The van der Waals surface area contributed by atoms with Gasteiger partial charge in [0.25, 0.3) is 0 Å². The van der Waals surface area contributed by atoms with Gasteiger partial charge in [0.05, 0.1) is 6.61 Å². The lowest BCUT2D eigenvalue weighted by Gasteiger charge is -2.17. The van der Waals surface area contributed by atoms with Gasteiger partial charge in [-0.25, -0.2) is 0 Å². The Bertz CT molecular complexity index is 356. The van der Waals surface area contributed by atoms with Gasteiger partial charge in [-0.15, -0.1) is 0 Å². The molecule has 0 radical (unpaired) electrons. The van der Waals surface area contributed by atoms with Gasteiger partial charge in [0, 0.05) is 25.6 Å². The first-order valence-electron chi connectivity index (χ1n) is 5.50. The summed E-state index contributed by atoms with van der Waals surface area (Å²) in [5.74, 6) is 1.53. The fourth-order valence-electron chi connectivity index (χ4n) is 1.93. The second-order valence-electron chi connectivity index (χ2n) is 3.92. The number of nitrogens with two attached hydrogens (primary N) is 1. The molecule has 90 valence electrons. The molecule has 16 heavy (non-hydrogen) atoms. The van der Waals surface area contributed by atoms with Crippen LogP contribution in [0.5, 0.6) is 5.75 Å². The van der Waals surface area contributed by atoms with Crippen LogP contribution in [-0.2, 0) is 0 Å². The lowest BCUT2D eigenvalue weighted by Crippen LogP contribution is -2.20. The lowest BCUT2D eigenvalue weighted by atomic mass is 10.1. The molecule has 1 fully saturated rings. The summed E-state index contributed by atoms with van der Waals surface area (Å²) in [6.07, 6.45) is 1.01. The molecule has 0 spiro atoms. The second kappa shape index (κ2) is 4.88. The maximum atomic E-state index is 9.11. The number of aliphatic hydroxyl groups is 1. The molecule has 1 saturated heterocycles. The van der Waals surface area contributed by atoms with Crippen molar-refractivity contribution in [3.8, 4) is 5.75 Å². The Morgan fingerprint density at radius 2 is 2.50 bits per heavy atom. The molecule has 0 saturated carbocycles. The minimum absolute atomic E-state index is 0.245. The normalized spacial score (nSPS) is 20.4. The van der Waals surface area contributed by atoms with Crippen molar-refractivity contribution in [2.45, 2.75) is 13.3 Å². The Hall–Kier alpha value is -1.01. The topological polar surface area (TPSA) is 71.6 Å². The zero-order valence-corrected chi connectivity index (χ0v) is 10.2. The molecule has 5 nitrogen and oxygen atoms in total. The van der Waals surface area contributed by atoms with E-state index in [-0.39, 0.29) is 6.61 Å². The minimum atomic E-state index is 0.245. The molecule has 1 aromatic heterocycles. The highest BCUT2D eigenvalue weighted by molar-refractivity contribution is 7.11. The Morgan fingerprint density at radius 1 is 1.69 bits per heavy atom. The summed E-state index contributed by atoms with van der Waals surface area (Å²) in [4.78, 5) is 2.19. The van der Waals surface area contributed by atoms with E-state index in [4.69, 9.17) is 15.6 Å². The van der Waals surface area contributed by atoms with Crippen molar-refractivity contribution in [1.29, 1.82) is 0 Å². The van der Waals surface area contributed by atoms with Gasteiger partial charge in [0.15, 0.2) is 16.6 Å². The highest BCUT2D eigenvalue weighted by Gasteiger charge is 2.27. The minimum Gasteiger partial charge on any atom is -0.487 e. The number of rotatable bonds is 4. The molecule has 1 aliphatic heterocycles. The summed E-state index contributed by atoms with van der Waals surface area (Å²) >= 11 is 1.37. The smallest absolute Gasteiger partial charge is 0.197 e. The van der Waals surface area contributed by atoms with Crippen LogP contribution in [0.25, 0.3) is 0 Å². The molecule has 2 heterocycles. The molecule has 0 aliphatic carbocycles. The highest BCUT2D eigenvalue weighted by Crippen LogP contribution is 2.40. The van der Waals surface area contributed by atoms with Crippen LogP contribution in [-0.4, -0.2) is 35.8 Å². The second-order valence-corrected chi connectivity index (χ2v) is 4.67. The first-order valence-corrected chi connectivity index (χ1v) is 6.27. The van der Waals surface area contributed by atoms with Gasteiger partial charge in [-0.3, -0.25) is 0 Å². The number of aromatic nitrogens is 1. The van der Waals surface area contributed by atoms with Crippen molar-refractivity contribution in [3.63, 3.8) is 0 Å². The van der Waals surface area contributed by atoms with Crippen molar-refractivity contribution in [3.05, 3.63) is 0 Å². The third-order valence-electron chi connectivity index (χ3n) is 2.78. The van der Waals surface area contributed by atoms with Gasteiger partial charge >= 0.3 is 0 Å². The quantitative estimate of drug-likeness (QED) is 0.823. The summed E-state index contributed by atoms with van der Waals surface area (Å²) in [6.45, 7) is 4.56. The largest absolute Gasteiger partial charge is 0.487 e. The maximum Gasteiger partial charge on any atom is 0.197 e. The highest BCUT2D eigenvalue weighted by atomic mass is 32.1. The third-order valence-corrected chi connectivity index (χ3v) is 3.68. The predicted molar refractivity (Wildman–Crippen MR) is 65.1 cm³/mol. The molecule has 1 aromatic rings. The summed E-state index contributed by atoms with van der Waals surface area (Å²) in [6, 6.07) is 0. The predicted octanol–water partition coefficient (Wildman–Crippen LogP) is 0.943. The van der Waals surface area contributed by atoms with Crippen LogP contribution in [0.3, 0.4) is 0 Å². The van der Waals surface area contributed by atoms with Crippen LogP contribution in [0.1, 0.15) is 13.3 Å². The molecule has 0 amide bonds. The standard InChI is InChI=1S/C10H17N3O2S/c1-2-15-8-9(11)12-16-10(8)13-4-3-7(5-13)6-14/h7,14H,2-6H2,1H3,(H2,11,12). The van der Waals surface area contributed by atoms with E-state index in [0.717, 1.165) is 24.5 Å². The molecule has 1 atom stereocenters. The van der Waals surface area contributed by atoms with Gasteiger partial charge in [-0.2, -0.15) is 4.37 Å². The van der Waals surface area contributed by atoms with E-state index in [1.165, 1.54) is 11.5 Å². The van der Waals surface area contributed by atoms with Crippen LogP contribution in [0.2, 0.25) is 0 Å². The van der Waals surface area contributed by atoms with E-state index in [2.05, 4.69) is 9.27 Å². The number of hydrogen-bond acceptors (Lipinski definition) is 6. The fourth-order valence-corrected chi connectivity index (χ4v) is 2.73. The van der Waals surface area contributed by atoms with E-state index >= 15 is 0 Å². The molecule has 2 rings (SSSR count). The SMILES string of the molecule is CCOc1c(N)nsc1N1CCC(CO)C1. The average Bonchev–Trinajstić information content (AvgIpc) is 2.87. The Labute approximate surface area is 99.0 Å². The van der Waals surface area contributed by atoms with Crippen molar-refractivity contribution in [2.24, 2.45) is 5.92 Å². The summed E-state index contributed by atoms with van der Waals surface area (Å²) in [5.41, 5.74) is 5.76. The van der Waals surface area contributed by atoms with Gasteiger partial charge in [0.2, 0.25) is 0 Å². The molecular formula is C10H17N3O2S. The molecule has 1 unspecified atom stereocenters. The van der Waals surface area contributed by atoms with Gasteiger partial charge in [-0.05, 0) is 24.9 Å². The van der Waals surface area contributed by atoms with E-state index < -0.39 is 0 Å². The summed E-state index contributed by atoms with van der Waals surface area (Å²) in [5, 5.41) is 10.1. The lowest BCUT2D eigenvalue weighted by molar-refractivity contribution is 0.238. The Morgan fingerprint density at radius 3 is 3.12 bits per heavy atom. The van der Waals surface area contributed by atoms with Crippen molar-refractivity contribution < 1.29 is 9.84 Å². The van der Waals surface area contributed by atoms with Gasteiger partial charge in [0.1, 0.15) is 0 Å². The van der Waals surface area contributed by atoms with E-state index in [0.29, 0.717) is 24.1 Å². The summed E-state index contributed by atoms with van der Waals surface area (Å²) in [7, 11) is 0. The Kier molecular flexibility index (Phi) is 3.50. The van der Waals surface area contributed by atoms with Gasteiger partial charge < -0.3 is 20.5 Å². The number of nitrogen functional groups attached to an aromatic ring is 1. The van der Waals surface area contributed by atoms with E-state index in [1.54, 1.807) is 0 Å². The van der Waals surface area contributed by atoms with Crippen LogP contribution < -0.4 is 15.4 Å². The van der Waals surface area contributed by atoms with Crippen LogP contribution in [0.15, 0.2) is 0 Å². The van der Waals surface area contributed by atoms with Crippen LogP contribution in [0.4, 0.5) is 10.8 Å². The van der Waals surface area contributed by atoms with E-state index in [9.17, 15) is 0 Å². The number of ether oxygens (including phenoxy) is 1. The molecule has 0 aromatic carbocycles. The molecule has 3 N–H and O–H groups in total. The molecule has 6 heteroatoms. The van der Waals surface area contributed by atoms with Crippen LogP contribution >= 0.6 is 11.5 Å². The number of anilines is 2. The fraction of sp³-hybridized carbons (Fsp3) is 0.700. The van der Waals surface area contributed by atoms with Crippen molar-refractivity contribution >= 4 is 22.4 Å². The Balaban J connectivity index is 2.14. The zero-order valence-electron chi connectivity index (χ0n) is 9.35. The van der Waals surface area contributed by atoms with Crippen molar-refractivity contribution in [1.82, 2.24) is 4.37 Å². The van der Waals surface area contributed by atoms with Crippen LogP contribution in [0, 0.1) is 5.92 Å². The molecule has 1 aliphatic rings. The number of aliphatic hydroxyl groups excluding tert-OH is 1. The van der Waals surface area contributed by atoms with Crippen molar-refractivity contribution in [2.75, 3.05) is 36.9 Å². The summed E-state index contributed by atoms with van der Waals surface area (Å²) < 4.78 is 9.63. The van der Waals surface area contributed by atoms with Gasteiger partial charge in [-0.1, -0.05) is 0 Å².